The Bertz CT molecular complexity index is 635. The first-order chi connectivity index (χ1) is 8.00. The van der Waals surface area contributed by atoms with Crippen molar-refractivity contribution in [3.63, 3.8) is 0 Å². The van der Waals surface area contributed by atoms with E-state index in [2.05, 4.69) is 4.98 Å². The van der Waals surface area contributed by atoms with Crippen molar-refractivity contribution in [1.82, 2.24) is 4.98 Å². The lowest BCUT2D eigenvalue weighted by Crippen LogP contribution is -2.11. The van der Waals surface area contributed by atoms with Gasteiger partial charge in [0, 0.05) is 17.5 Å². The number of nitrogens with zero attached hydrogens (tertiary/aromatic N) is 1. The summed E-state index contributed by atoms with van der Waals surface area (Å²) in [5.74, 6) is 0. The standard InChI is InChI=1S/C10H11N3O2S2/c11-5-10-13-9(6-16-10)7-2-1-3-8(4-7)17(12,14)15/h1-4,6H,5,11H2,(H2,12,14,15). The van der Waals surface area contributed by atoms with Crippen LogP contribution in [0.1, 0.15) is 5.01 Å². The van der Waals surface area contributed by atoms with E-state index < -0.39 is 10.0 Å². The van der Waals surface area contributed by atoms with E-state index in [0.29, 0.717) is 17.8 Å². The van der Waals surface area contributed by atoms with E-state index in [1.165, 1.54) is 23.5 Å². The topological polar surface area (TPSA) is 99.1 Å². The minimum Gasteiger partial charge on any atom is -0.325 e. The summed E-state index contributed by atoms with van der Waals surface area (Å²) >= 11 is 1.44. The minimum atomic E-state index is -3.68. The molecule has 0 amide bonds. The van der Waals surface area contributed by atoms with Crippen LogP contribution < -0.4 is 10.9 Å². The first-order valence-electron chi connectivity index (χ1n) is 4.78. The second-order valence-corrected chi connectivity index (χ2v) is 5.91. The molecule has 17 heavy (non-hydrogen) atoms. The van der Waals surface area contributed by atoms with Crippen molar-refractivity contribution in [3.8, 4) is 11.3 Å². The van der Waals surface area contributed by atoms with Gasteiger partial charge >= 0.3 is 0 Å². The summed E-state index contributed by atoms with van der Waals surface area (Å²) in [7, 11) is -3.68. The smallest absolute Gasteiger partial charge is 0.238 e. The molecule has 1 aromatic heterocycles. The van der Waals surface area contributed by atoms with Crippen LogP contribution in [0.2, 0.25) is 0 Å². The van der Waals surface area contributed by atoms with Crippen molar-refractivity contribution in [2.24, 2.45) is 10.9 Å². The van der Waals surface area contributed by atoms with E-state index in [1.54, 1.807) is 12.1 Å². The van der Waals surface area contributed by atoms with Crippen LogP contribution in [0.15, 0.2) is 34.5 Å². The Morgan fingerprint density at radius 2 is 2.12 bits per heavy atom. The maximum Gasteiger partial charge on any atom is 0.238 e. The molecule has 0 aliphatic rings. The van der Waals surface area contributed by atoms with Crippen LogP contribution in [0.25, 0.3) is 11.3 Å². The van der Waals surface area contributed by atoms with Crippen molar-refractivity contribution in [1.29, 1.82) is 0 Å². The fourth-order valence-corrected chi connectivity index (χ4v) is 2.61. The molecule has 0 spiro atoms. The molecular formula is C10H11N3O2S2. The summed E-state index contributed by atoms with van der Waals surface area (Å²) in [6.07, 6.45) is 0. The Hall–Kier alpha value is -1.28. The van der Waals surface area contributed by atoms with Crippen LogP contribution in [0.3, 0.4) is 0 Å². The molecule has 90 valence electrons. The van der Waals surface area contributed by atoms with Crippen LogP contribution >= 0.6 is 11.3 Å². The van der Waals surface area contributed by atoms with Gasteiger partial charge in [0.05, 0.1) is 10.6 Å². The van der Waals surface area contributed by atoms with Gasteiger partial charge in [-0.05, 0) is 12.1 Å². The molecule has 1 heterocycles. The van der Waals surface area contributed by atoms with Crippen LogP contribution in [-0.4, -0.2) is 13.4 Å². The first-order valence-corrected chi connectivity index (χ1v) is 7.21. The highest BCUT2D eigenvalue weighted by molar-refractivity contribution is 7.89. The highest BCUT2D eigenvalue weighted by Gasteiger charge is 2.10. The predicted octanol–water partition coefficient (Wildman–Crippen LogP) is 0.916. The van der Waals surface area contributed by atoms with E-state index >= 15 is 0 Å². The maximum atomic E-state index is 11.2. The number of nitrogens with two attached hydrogens (primary N) is 2. The summed E-state index contributed by atoms with van der Waals surface area (Å²) in [4.78, 5) is 4.36. The third kappa shape index (κ3) is 2.70. The van der Waals surface area contributed by atoms with Gasteiger partial charge in [-0.25, -0.2) is 18.5 Å². The van der Waals surface area contributed by atoms with Gasteiger partial charge < -0.3 is 5.73 Å². The summed E-state index contributed by atoms with van der Waals surface area (Å²) in [6, 6.07) is 6.38. The second kappa shape index (κ2) is 4.53. The molecular weight excluding hydrogens is 258 g/mol. The highest BCUT2D eigenvalue weighted by Crippen LogP contribution is 2.23. The molecule has 0 aliphatic heterocycles. The number of thiazole rings is 1. The number of aromatic nitrogens is 1. The van der Waals surface area contributed by atoms with Gasteiger partial charge in [0.15, 0.2) is 0 Å². The highest BCUT2D eigenvalue weighted by atomic mass is 32.2. The van der Waals surface area contributed by atoms with Gasteiger partial charge in [-0.3, -0.25) is 0 Å². The average molecular weight is 269 g/mol. The molecule has 0 aliphatic carbocycles. The second-order valence-electron chi connectivity index (χ2n) is 3.40. The number of primary sulfonamides is 1. The number of benzene rings is 1. The molecule has 0 radical (unpaired) electrons. The SMILES string of the molecule is NCc1nc(-c2cccc(S(N)(=O)=O)c2)cs1. The molecule has 0 unspecified atom stereocenters. The number of sulfonamides is 1. The van der Waals surface area contributed by atoms with E-state index in [1.807, 2.05) is 5.38 Å². The monoisotopic (exact) mass is 269 g/mol. The average Bonchev–Trinajstić information content (AvgIpc) is 2.76. The van der Waals surface area contributed by atoms with Gasteiger partial charge in [-0.2, -0.15) is 0 Å². The molecule has 0 bridgehead atoms. The molecule has 4 N–H and O–H groups in total. The fraction of sp³-hybridized carbons (Fsp3) is 0.100. The van der Waals surface area contributed by atoms with E-state index in [0.717, 1.165) is 5.01 Å². The molecule has 2 aromatic rings. The van der Waals surface area contributed by atoms with Gasteiger partial charge in [-0.1, -0.05) is 12.1 Å². The maximum absolute atomic E-state index is 11.2. The minimum absolute atomic E-state index is 0.0808. The zero-order chi connectivity index (χ0) is 12.5. The summed E-state index contributed by atoms with van der Waals surface area (Å²) in [5, 5.41) is 7.71. The van der Waals surface area contributed by atoms with Crippen LogP contribution in [0.5, 0.6) is 0 Å². The molecule has 0 fully saturated rings. The van der Waals surface area contributed by atoms with Gasteiger partial charge in [0.1, 0.15) is 5.01 Å². The molecule has 5 nitrogen and oxygen atoms in total. The Balaban J connectivity index is 2.46. The molecule has 0 saturated heterocycles. The van der Waals surface area contributed by atoms with E-state index in [9.17, 15) is 8.42 Å². The molecule has 0 saturated carbocycles. The number of hydrogen-bond donors (Lipinski definition) is 2. The molecule has 0 atom stereocenters. The van der Waals surface area contributed by atoms with E-state index in [4.69, 9.17) is 10.9 Å². The van der Waals surface area contributed by atoms with Gasteiger partial charge in [0.25, 0.3) is 0 Å². The third-order valence-electron chi connectivity index (χ3n) is 2.18. The third-order valence-corrected chi connectivity index (χ3v) is 3.97. The Morgan fingerprint density at radius 1 is 1.35 bits per heavy atom. The quantitative estimate of drug-likeness (QED) is 0.865. The van der Waals surface area contributed by atoms with Crippen LogP contribution in [0.4, 0.5) is 0 Å². The van der Waals surface area contributed by atoms with Crippen LogP contribution in [0, 0.1) is 0 Å². The Morgan fingerprint density at radius 3 is 2.71 bits per heavy atom. The van der Waals surface area contributed by atoms with Crippen molar-refractivity contribution >= 4 is 21.4 Å². The summed E-state index contributed by atoms with van der Waals surface area (Å²) < 4.78 is 22.4. The van der Waals surface area contributed by atoms with Crippen molar-refractivity contribution in [3.05, 3.63) is 34.7 Å². The summed E-state index contributed by atoms with van der Waals surface area (Å²) in [5.41, 5.74) is 6.90. The lowest BCUT2D eigenvalue weighted by molar-refractivity contribution is 0.598. The van der Waals surface area contributed by atoms with Gasteiger partial charge in [-0.15, -0.1) is 11.3 Å². The number of hydrogen-bond acceptors (Lipinski definition) is 5. The van der Waals surface area contributed by atoms with Crippen molar-refractivity contribution < 1.29 is 8.42 Å². The molecule has 2 rings (SSSR count). The molecule has 1 aromatic carbocycles. The van der Waals surface area contributed by atoms with Crippen LogP contribution in [-0.2, 0) is 16.6 Å². The van der Waals surface area contributed by atoms with Crippen molar-refractivity contribution in [2.75, 3.05) is 0 Å². The lowest BCUT2D eigenvalue weighted by Gasteiger charge is -2.00. The lowest BCUT2D eigenvalue weighted by atomic mass is 10.2. The Labute approximate surface area is 103 Å². The first kappa shape index (κ1) is 12.2. The van der Waals surface area contributed by atoms with Gasteiger partial charge in [0.2, 0.25) is 10.0 Å². The zero-order valence-corrected chi connectivity index (χ0v) is 10.5. The largest absolute Gasteiger partial charge is 0.325 e. The Kier molecular flexibility index (Phi) is 3.25. The van der Waals surface area contributed by atoms with Crippen molar-refractivity contribution in [2.45, 2.75) is 11.4 Å². The predicted molar refractivity (Wildman–Crippen MR) is 66.8 cm³/mol. The molecule has 7 heteroatoms. The number of rotatable bonds is 3. The van der Waals surface area contributed by atoms with E-state index in [-0.39, 0.29) is 4.90 Å². The summed E-state index contributed by atoms with van der Waals surface area (Å²) in [6.45, 7) is 0.375. The fourth-order valence-electron chi connectivity index (χ4n) is 1.37. The normalized spacial score (nSPS) is 11.6. The zero-order valence-electron chi connectivity index (χ0n) is 8.83.